The van der Waals surface area contributed by atoms with Crippen molar-refractivity contribution in [3.63, 3.8) is 0 Å². The van der Waals surface area contributed by atoms with Gasteiger partial charge >= 0.3 is 0 Å². The van der Waals surface area contributed by atoms with Gasteiger partial charge in [-0.25, -0.2) is 0 Å². The van der Waals surface area contributed by atoms with Crippen LogP contribution in [0.15, 0.2) is 12.1 Å². The van der Waals surface area contributed by atoms with E-state index in [-0.39, 0.29) is 22.7 Å². The summed E-state index contributed by atoms with van der Waals surface area (Å²) in [6.07, 6.45) is 0. The molecule has 7 heteroatoms. The van der Waals surface area contributed by atoms with Gasteiger partial charge in [-0.1, -0.05) is 0 Å². The van der Waals surface area contributed by atoms with Crippen LogP contribution in [0.5, 0.6) is 0 Å². The van der Waals surface area contributed by atoms with E-state index in [1.807, 2.05) is 26.8 Å². The molecule has 1 aromatic rings. The quantitative estimate of drug-likeness (QED) is 0.656. The predicted molar refractivity (Wildman–Crippen MR) is 83.5 cm³/mol. The lowest BCUT2D eigenvalue weighted by Crippen LogP contribution is -2.47. The van der Waals surface area contributed by atoms with Crippen LogP contribution in [-0.4, -0.2) is 22.4 Å². The van der Waals surface area contributed by atoms with Gasteiger partial charge in [-0.15, -0.1) is 0 Å². The molecule has 0 spiro atoms. The fraction of sp³-hybridized carbons (Fsp3) is 0.467. The summed E-state index contributed by atoms with van der Waals surface area (Å²) in [7, 11) is 0. The second-order valence-electron chi connectivity index (χ2n) is 6.14. The second kappa shape index (κ2) is 6.43. The molecule has 0 aromatic heterocycles. The summed E-state index contributed by atoms with van der Waals surface area (Å²) in [6.45, 7) is 8.83. The Hall–Kier alpha value is -2.62. The minimum Gasteiger partial charge on any atom is -0.373 e. The largest absolute Gasteiger partial charge is 0.373 e. The fourth-order valence-electron chi connectivity index (χ4n) is 1.88. The number of anilines is 1. The third-order valence-corrected chi connectivity index (χ3v) is 2.97. The number of nitrogens with one attached hydrogen (secondary N) is 2. The molecule has 22 heavy (non-hydrogen) atoms. The average molecular weight is 304 g/mol. The number of rotatable bonds is 4. The van der Waals surface area contributed by atoms with E-state index in [9.17, 15) is 14.9 Å². The highest BCUT2D eigenvalue weighted by molar-refractivity contribution is 5.85. The Kier molecular flexibility index (Phi) is 5.10. The summed E-state index contributed by atoms with van der Waals surface area (Å²) in [6, 6.07) is 4.02. The lowest BCUT2D eigenvalue weighted by atomic mass is 10.1. The van der Waals surface area contributed by atoms with Crippen LogP contribution < -0.4 is 10.6 Å². The topological polar surface area (TPSA) is 108 Å². The third-order valence-electron chi connectivity index (χ3n) is 2.97. The SMILES string of the molecule is Cc1c(N[C@H](C)C(=O)NC(C)(C)C)cc(C#N)cc1[N+](=O)[O-]. The Labute approximate surface area is 129 Å². The first kappa shape index (κ1) is 17.4. The van der Waals surface area contributed by atoms with Crippen LogP contribution in [0, 0.1) is 28.4 Å². The maximum absolute atomic E-state index is 12.1. The van der Waals surface area contributed by atoms with E-state index in [1.54, 1.807) is 13.8 Å². The zero-order chi connectivity index (χ0) is 17.1. The lowest BCUT2D eigenvalue weighted by molar-refractivity contribution is -0.385. The van der Waals surface area contributed by atoms with Crippen molar-refractivity contribution < 1.29 is 9.72 Å². The number of nitriles is 1. The molecule has 0 aliphatic carbocycles. The molecule has 0 unspecified atom stereocenters. The zero-order valence-corrected chi connectivity index (χ0v) is 13.4. The molecule has 1 rings (SSSR count). The number of amides is 1. The van der Waals surface area contributed by atoms with Crippen LogP contribution in [0.2, 0.25) is 0 Å². The highest BCUT2D eigenvalue weighted by atomic mass is 16.6. The number of carbonyl (C=O) groups is 1. The van der Waals surface area contributed by atoms with Crippen molar-refractivity contribution in [2.75, 3.05) is 5.32 Å². The maximum atomic E-state index is 12.1. The summed E-state index contributed by atoms with van der Waals surface area (Å²) >= 11 is 0. The van der Waals surface area contributed by atoms with E-state index in [2.05, 4.69) is 10.6 Å². The Bertz CT molecular complexity index is 641. The molecule has 0 aliphatic rings. The summed E-state index contributed by atoms with van der Waals surface area (Å²) < 4.78 is 0. The van der Waals surface area contributed by atoms with Gasteiger partial charge in [0.2, 0.25) is 5.91 Å². The van der Waals surface area contributed by atoms with Gasteiger partial charge in [-0.05, 0) is 40.7 Å². The predicted octanol–water partition coefficient (Wildman–Crippen LogP) is 2.49. The van der Waals surface area contributed by atoms with Crippen LogP contribution in [-0.2, 0) is 4.79 Å². The first-order valence-corrected chi connectivity index (χ1v) is 6.83. The second-order valence-corrected chi connectivity index (χ2v) is 6.14. The van der Waals surface area contributed by atoms with Crippen LogP contribution in [0.4, 0.5) is 11.4 Å². The normalized spacial score (nSPS) is 12.2. The highest BCUT2D eigenvalue weighted by Gasteiger charge is 2.22. The van der Waals surface area contributed by atoms with Crippen molar-refractivity contribution in [2.45, 2.75) is 46.2 Å². The molecule has 0 heterocycles. The lowest BCUT2D eigenvalue weighted by Gasteiger charge is -2.24. The molecule has 1 atom stereocenters. The van der Waals surface area contributed by atoms with E-state index in [0.29, 0.717) is 11.3 Å². The first-order chi connectivity index (χ1) is 10.0. The highest BCUT2D eigenvalue weighted by Crippen LogP contribution is 2.28. The number of hydrogen-bond donors (Lipinski definition) is 2. The van der Waals surface area contributed by atoms with Gasteiger partial charge in [0.15, 0.2) is 0 Å². The standard InChI is InChI=1S/C15H20N4O3/c1-9-12(6-11(8-16)7-13(9)19(21)22)17-10(2)14(20)18-15(3,4)5/h6-7,10,17H,1-5H3,(H,18,20)/t10-/m1/s1. The van der Waals surface area contributed by atoms with Crippen molar-refractivity contribution in [3.05, 3.63) is 33.4 Å². The van der Waals surface area contributed by atoms with E-state index in [1.165, 1.54) is 12.1 Å². The van der Waals surface area contributed by atoms with E-state index in [4.69, 9.17) is 5.26 Å². The van der Waals surface area contributed by atoms with Crippen LogP contribution in [0.25, 0.3) is 0 Å². The number of hydrogen-bond acceptors (Lipinski definition) is 5. The van der Waals surface area contributed by atoms with Gasteiger partial charge in [-0.2, -0.15) is 5.26 Å². The molecule has 1 aromatic carbocycles. The molecule has 0 bridgehead atoms. The van der Waals surface area contributed by atoms with Crippen molar-refractivity contribution >= 4 is 17.3 Å². The molecule has 2 N–H and O–H groups in total. The molecule has 118 valence electrons. The van der Waals surface area contributed by atoms with Gasteiger partial charge in [0.05, 0.1) is 16.6 Å². The Morgan fingerprint density at radius 2 is 2.00 bits per heavy atom. The molecule has 0 saturated carbocycles. The number of nitro groups is 1. The van der Waals surface area contributed by atoms with Crippen LogP contribution in [0.1, 0.15) is 38.8 Å². The number of benzene rings is 1. The van der Waals surface area contributed by atoms with Gasteiger partial charge in [0, 0.05) is 22.9 Å². The molecule has 0 aliphatic heterocycles. The molecular formula is C15H20N4O3. The van der Waals surface area contributed by atoms with E-state index < -0.39 is 11.0 Å². The summed E-state index contributed by atoms with van der Waals surface area (Å²) in [4.78, 5) is 22.6. The van der Waals surface area contributed by atoms with Crippen molar-refractivity contribution in [1.29, 1.82) is 5.26 Å². The summed E-state index contributed by atoms with van der Waals surface area (Å²) in [5.41, 5.74) is 0.442. The number of carbonyl (C=O) groups excluding carboxylic acids is 1. The summed E-state index contributed by atoms with van der Waals surface area (Å²) in [5.74, 6) is -0.225. The van der Waals surface area contributed by atoms with Gasteiger partial charge in [0.1, 0.15) is 6.04 Å². The Morgan fingerprint density at radius 1 is 1.41 bits per heavy atom. The zero-order valence-electron chi connectivity index (χ0n) is 13.4. The van der Waals surface area contributed by atoms with Gasteiger partial charge < -0.3 is 10.6 Å². The van der Waals surface area contributed by atoms with E-state index in [0.717, 1.165) is 0 Å². The third kappa shape index (κ3) is 4.45. The van der Waals surface area contributed by atoms with Crippen LogP contribution >= 0.6 is 0 Å². The summed E-state index contributed by atoms with van der Waals surface area (Å²) in [5, 5.41) is 25.8. The van der Waals surface area contributed by atoms with Crippen molar-refractivity contribution in [2.24, 2.45) is 0 Å². The van der Waals surface area contributed by atoms with Gasteiger partial charge in [0.25, 0.3) is 5.69 Å². The fourth-order valence-corrected chi connectivity index (χ4v) is 1.88. The molecule has 1 amide bonds. The van der Waals surface area contributed by atoms with Gasteiger partial charge in [-0.3, -0.25) is 14.9 Å². The number of nitro benzene ring substituents is 1. The first-order valence-electron chi connectivity index (χ1n) is 6.83. The monoisotopic (exact) mass is 304 g/mol. The van der Waals surface area contributed by atoms with E-state index >= 15 is 0 Å². The Morgan fingerprint density at radius 3 is 2.45 bits per heavy atom. The molecular weight excluding hydrogens is 284 g/mol. The minimum absolute atomic E-state index is 0.148. The molecule has 0 radical (unpaired) electrons. The Balaban J connectivity index is 3.07. The average Bonchev–Trinajstić information content (AvgIpc) is 2.38. The molecule has 0 saturated heterocycles. The van der Waals surface area contributed by atoms with Crippen molar-refractivity contribution in [3.8, 4) is 6.07 Å². The number of nitrogens with zero attached hydrogens (tertiary/aromatic N) is 2. The van der Waals surface area contributed by atoms with Crippen molar-refractivity contribution in [1.82, 2.24) is 5.32 Å². The smallest absolute Gasteiger partial charge is 0.275 e. The molecule has 0 fully saturated rings. The maximum Gasteiger partial charge on any atom is 0.275 e. The minimum atomic E-state index is -0.591. The molecule has 7 nitrogen and oxygen atoms in total. The van der Waals surface area contributed by atoms with Crippen LogP contribution in [0.3, 0.4) is 0 Å².